The van der Waals surface area contributed by atoms with Crippen molar-refractivity contribution in [3.8, 4) is 5.75 Å². The SMILES string of the molecule is CN(C)[C@@H]1C(=O)C(C(N)=O)=C(O)[C@@]2(O)C(=O)C3=C(O)c4c(O)c(N)cc([N+](=O)[O-])c4CC3CC12. The number of hydrogen-bond donors (Lipinski definition) is 6. The van der Waals surface area contributed by atoms with Gasteiger partial charge in [-0.25, -0.2) is 0 Å². The Morgan fingerprint density at radius 3 is 2.41 bits per heavy atom. The van der Waals surface area contributed by atoms with Crippen LogP contribution in [0.5, 0.6) is 5.75 Å². The average molecular weight is 474 g/mol. The number of anilines is 1. The number of Topliss-reactive ketones (excluding diaryl/α,β-unsaturated/α-hetero) is 2. The highest BCUT2D eigenvalue weighted by molar-refractivity contribution is 6.24. The van der Waals surface area contributed by atoms with Crippen LogP contribution < -0.4 is 11.5 Å². The lowest BCUT2D eigenvalue weighted by Gasteiger charge is -2.50. The lowest BCUT2D eigenvalue weighted by molar-refractivity contribution is -0.385. The topological polar surface area (TPSA) is 231 Å². The Labute approximate surface area is 191 Å². The van der Waals surface area contributed by atoms with Crippen molar-refractivity contribution in [2.45, 2.75) is 24.5 Å². The fraction of sp³-hybridized carbons (Fsp3) is 0.381. The summed E-state index contributed by atoms with van der Waals surface area (Å²) < 4.78 is 0. The van der Waals surface area contributed by atoms with E-state index in [1.807, 2.05) is 0 Å². The number of nitrogens with zero attached hydrogens (tertiary/aromatic N) is 2. The molecule has 8 N–H and O–H groups in total. The zero-order valence-electron chi connectivity index (χ0n) is 18.1. The molecule has 1 aromatic carbocycles. The van der Waals surface area contributed by atoms with Crippen molar-refractivity contribution in [2.75, 3.05) is 19.8 Å². The molecule has 0 saturated heterocycles. The first-order chi connectivity index (χ1) is 15.7. The van der Waals surface area contributed by atoms with Crippen molar-refractivity contribution in [1.29, 1.82) is 0 Å². The molecule has 4 rings (SSSR count). The summed E-state index contributed by atoms with van der Waals surface area (Å²) in [4.78, 5) is 50.8. The van der Waals surface area contributed by atoms with Crippen LogP contribution in [0.3, 0.4) is 0 Å². The molecule has 0 aromatic heterocycles. The third-order valence-corrected chi connectivity index (χ3v) is 6.92. The summed E-state index contributed by atoms with van der Waals surface area (Å²) in [5.41, 5.74) is 5.39. The van der Waals surface area contributed by atoms with Crippen molar-refractivity contribution in [3.05, 3.63) is 44.2 Å². The molecule has 0 spiro atoms. The molecule has 0 aliphatic heterocycles. The van der Waals surface area contributed by atoms with E-state index in [9.17, 15) is 44.9 Å². The Hall–Kier alpha value is -3.97. The maximum absolute atomic E-state index is 13.6. The van der Waals surface area contributed by atoms with Gasteiger partial charge in [0.05, 0.1) is 22.2 Å². The quantitative estimate of drug-likeness (QED) is 0.107. The predicted octanol–water partition coefficient (Wildman–Crippen LogP) is -0.546. The van der Waals surface area contributed by atoms with Crippen molar-refractivity contribution in [3.63, 3.8) is 0 Å². The number of carbonyl (C=O) groups is 3. The van der Waals surface area contributed by atoms with E-state index in [2.05, 4.69) is 0 Å². The molecule has 180 valence electrons. The molecule has 3 aliphatic carbocycles. The van der Waals surface area contributed by atoms with Gasteiger partial charge in [-0.3, -0.25) is 29.4 Å². The number of ketones is 2. The summed E-state index contributed by atoms with van der Waals surface area (Å²) >= 11 is 0. The molecular weight excluding hydrogens is 452 g/mol. The number of nitro groups is 1. The van der Waals surface area contributed by atoms with Gasteiger partial charge in [-0.2, -0.15) is 0 Å². The molecule has 13 nitrogen and oxygen atoms in total. The number of primary amides is 1. The van der Waals surface area contributed by atoms with Gasteiger partial charge >= 0.3 is 0 Å². The number of aliphatic hydroxyl groups excluding tert-OH is 2. The van der Waals surface area contributed by atoms with Crippen LogP contribution in [0.15, 0.2) is 23.0 Å². The van der Waals surface area contributed by atoms with Gasteiger partial charge in [0.1, 0.15) is 22.8 Å². The van der Waals surface area contributed by atoms with E-state index in [4.69, 9.17) is 11.5 Å². The molecule has 0 bridgehead atoms. The number of fused-ring (bicyclic) bond motifs is 3. The van der Waals surface area contributed by atoms with Crippen molar-refractivity contribution < 1.29 is 39.7 Å². The minimum Gasteiger partial charge on any atom is -0.508 e. The lowest BCUT2D eigenvalue weighted by Crippen LogP contribution is -2.65. The van der Waals surface area contributed by atoms with Crippen LogP contribution in [0.4, 0.5) is 11.4 Å². The number of phenolic OH excluding ortho intramolecular Hbond substituents is 1. The fourth-order valence-corrected chi connectivity index (χ4v) is 5.47. The minimum atomic E-state index is -2.79. The Kier molecular flexibility index (Phi) is 4.96. The first kappa shape index (κ1) is 23.2. The molecule has 2 unspecified atom stereocenters. The van der Waals surface area contributed by atoms with Gasteiger partial charge < -0.3 is 31.9 Å². The van der Waals surface area contributed by atoms with Crippen LogP contribution in [0.2, 0.25) is 0 Å². The van der Waals surface area contributed by atoms with E-state index < -0.39 is 91.2 Å². The van der Waals surface area contributed by atoms with Gasteiger partial charge in [0.2, 0.25) is 5.78 Å². The Morgan fingerprint density at radius 1 is 1.26 bits per heavy atom. The van der Waals surface area contributed by atoms with E-state index in [0.29, 0.717) is 0 Å². The molecule has 13 heteroatoms. The number of aliphatic hydroxyl groups is 3. The smallest absolute Gasteiger partial charge is 0.275 e. The summed E-state index contributed by atoms with van der Waals surface area (Å²) in [5, 5.41) is 55.2. The van der Waals surface area contributed by atoms with Gasteiger partial charge in [-0.1, -0.05) is 0 Å². The molecular formula is C21H22N4O9. The van der Waals surface area contributed by atoms with Crippen LogP contribution >= 0.6 is 0 Å². The number of benzene rings is 1. The Morgan fingerprint density at radius 2 is 1.88 bits per heavy atom. The molecule has 0 heterocycles. The maximum atomic E-state index is 13.6. The number of phenols is 1. The van der Waals surface area contributed by atoms with Gasteiger partial charge in [-0.15, -0.1) is 0 Å². The molecule has 3 aliphatic rings. The van der Waals surface area contributed by atoms with E-state index in [0.717, 1.165) is 6.07 Å². The molecule has 0 radical (unpaired) electrons. The zero-order chi connectivity index (χ0) is 25.4. The first-order valence-electron chi connectivity index (χ1n) is 10.2. The third kappa shape index (κ3) is 2.77. The number of rotatable bonds is 3. The summed E-state index contributed by atoms with van der Waals surface area (Å²) in [6.45, 7) is 0. The third-order valence-electron chi connectivity index (χ3n) is 6.92. The fourth-order valence-electron chi connectivity index (χ4n) is 5.47. The number of likely N-dealkylation sites (N-methyl/N-ethyl adjacent to an activating group) is 1. The number of nitro benzene ring substituents is 1. The highest BCUT2D eigenvalue weighted by Gasteiger charge is 2.64. The van der Waals surface area contributed by atoms with E-state index in [1.54, 1.807) is 0 Å². The molecule has 1 saturated carbocycles. The van der Waals surface area contributed by atoms with Crippen molar-refractivity contribution in [1.82, 2.24) is 4.90 Å². The number of hydrogen-bond acceptors (Lipinski definition) is 11. The summed E-state index contributed by atoms with van der Waals surface area (Å²) in [5.74, 6) is -8.37. The van der Waals surface area contributed by atoms with Gasteiger partial charge in [0.25, 0.3) is 11.6 Å². The summed E-state index contributed by atoms with van der Waals surface area (Å²) in [6.07, 6.45) is -0.368. The summed E-state index contributed by atoms with van der Waals surface area (Å²) in [7, 11) is 2.94. The Bertz CT molecular complexity index is 1270. The van der Waals surface area contributed by atoms with Crippen LogP contribution in [0.25, 0.3) is 5.76 Å². The number of nitrogens with two attached hydrogens (primary N) is 2. The van der Waals surface area contributed by atoms with Gasteiger partial charge in [0, 0.05) is 23.1 Å². The first-order valence-corrected chi connectivity index (χ1v) is 10.2. The van der Waals surface area contributed by atoms with Crippen molar-refractivity contribution in [2.24, 2.45) is 17.6 Å². The number of aromatic hydroxyl groups is 1. The Balaban J connectivity index is 2.02. The number of nitrogen functional groups attached to an aromatic ring is 1. The molecule has 1 amide bonds. The van der Waals surface area contributed by atoms with Crippen LogP contribution in [-0.4, -0.2) is 73.5 Å². The molecule has 1 fully saturated rings. The standard InChI is InChI=1S/C21H22N4O9/c1-24(2)14-8-4-6-3-7-10(25(33)34)5-9(22)15(26)12(7)16(27)11(6)18(29)21(8,32)19(30)13(17(14)28)20(23)31/h5-6,8,14,26-27,30,32H,3-4,22H2,1-2H3,(H2,23,31)/t6?,8?,14-,21-/m0/s1. The van der Waals surface area contributed by atoms with E-state index >= 15 is 0 Å². The van der Waals surface area contributed by atoms with Gasteiger partial charge in [0.15, 0.2) is 11.4 Å². The van der Waals surface area contributed by atoms with Crippen LogP contribution in [-0.2, 0) is 20.8 Å². The molecule has 34 heavy (non-hydrogen) atoms. The lowest BCUT2D eigenvalue weighted by atomic mass is 9.57. The number of amides is 1. The molecule has 1 aromatic rings. The van der Waals surface area contributed by atoms with Crippen LogP contribution in [0, 0.1) is 22.0 Å². The average Bonchev–Trinajstić information content (AvgIpc) is 2.72. The normalized spacial score (nSPS) is 28.5. The maximum Gasteiger partial charge on any atom is 0.275 e. The van der Waals surface area contributed by atoms with E-state index in [-0.39, 0.29) is 18.4 Å². The second-order valence-corrected chi connectivity index (χ2v) is 8.91. The summed E-state index contributed by atoms with van der Waals surface area (Å²) in [6, 6.07) is -0.305. The second-order valence-electron chi connectivity index (χ2n) is 8.91. The second kappa shape index (κ2) is 7.27. The highest BCUT2D eigenvalue weighted by atomic mass is 16.6. The number of carbonyl (C=O) groups excluding carboxylic acids is 3. The monoisotopic (exact) mass is 474 g/mol. The van der Waals surface area contributed by atoms with Crippen LogP contribution in [0.1, 0.15) is 17.5 Å². The zero-order valence-corrected chi connectivity index (χ0v) is 18.1. The van der Waals surface area contributed by atoms with Gasteiger partial charge in [-0.05, 0) is 32.9 Å². The van der Waals surface area contributed by atoms with E-state index in [1.165, 1.54) is 19.0 Å². The molecule has 4 atom stereocenters. The van der Waals surface area contributed by atoms with Crippen molar-refractivity contribution >= 4 is 34.6 Å². The minimum absolute atomic E-state index is 0.0673. The predicted molar refractivity (Wildman–Crippen MR) is 115 cm³/mol. The highest BCUT2D eigenvalue weighted by Crippen LogP contribution is 2.54. The largest absolute Gasteiger partial charge is 0.508 e.